The van der Waals surface area contributed by atoms with Gasteiger partial charge in [-0.3, -0.25) is 5.41 Å². The molecule has 0 aromatic heterocycles. The first-order chi connectivity index (χ1) is 6.88. The molecule has 1 saturated carbocycles. The van der Waals surface area contributed by atoms with E-state index in [1.165, 1.54) is 12.8 Å². The Balaban J connectivity index is 2.23. The smallest absolute Gasteiger partial charge is 0.0936 e. The molecule has 0 aliphatic heterocycles. The van der Waals surface area contributed by atoms with Crippen molar-refractivity contribution in [2.75, 3.05) is 6.54 Å². The van der Waals surface area contributed by atoms with E-state index in [1.807, 2.05) is 0 Å². The van der Waals surface area contributed by atoms with E-state index in [1.54, 1.807) is 0 Å². The maximum absolute atomic E-state index is 7.42. The predicted molar refractivity (Wildman–Crippen MR) is 65.1 cm³/mol. The summed E-state index contributed by atoms with van der Waals surface area (Å²) in [4.78, 5) is 0. The van der Waals surface area contributed by atoms with E-state index in [0.29, 0.717) is 11.8 Å². The van der Waals surface area contributed by atoms with E-state index < -0.39 is 0 Å². The minimum Gasteiger partial charge on any atom is -0.387 e. The second kappa shape index (κ2) is 4.97. The van der Waals surface area contributed by atoms with Crippen LogP contribution >= 0.6 is 0 Å². The molecule has 0 aromatic rings. The van der Waals surface area contributed by atoms with Crippen LogP contribution in [0.15, 0.2) is 0 Å². The first kappa shape index (κ1) is 12.5. The molecule has 4 N–H and O–H groups in total. The fourth-order valence-corrected chi connectivity index (χ4v) is 2.13. The van der Waals surface area contributed by atoms with Gasteiger partial charge in [0.05, 0.1) is 5.84 Å². The molecule has 3 nitrogen and oxygen atoms in total. The third kappa shape index (κ3) is 4.65. The molecule has 0 amide bonds. The molecule has 0 aromatic carbocycles. The van der Waals surface area contributed by atoms with Gasteiger partial charge in [-0.25, -0.2) is 0 Å². The predicted octanol–water partition coefficient (Wildman–Crippen LogP) is 2.12. The Morgan fingerprint density at radius 1 is 1.27 bits per heavy atom. The lowest BCUT2D eigenvalue weighted by atomic mass is 9.81. The van der Waals surface area contributed by atoms with Crippen LogP contribution in [0.5, 0.6) is 0 Å². The van der Waals surface area contributed by atoms with Gasteiger partial charge in [-0.2, -0.15) is 0 Å². The van der Waals surface area contributed by atoms with E-state index in [9.17, 15) is 0 Å². The Bertz CT molecular complexity index is 209. The number of nitrogens with two attached hydrogens (primary N) is 1. The van der Waals surface area contributed by atoms with Crippen molar-refractivity contribution < 1.29 is 0 Å². The molecule has 1 aliphatic carbocycles. The number of hydrogen-bond acceptors (Lipinski definition) is 2. The number of rotatable bonds is 3. The van der Waals surface area contributed by atoms with Gasteiger partial charge in [-0.05, 0) is 58.9 Å². The third-order valence-corrected chi connectivity index (χ3v) is 3.21. The third-order valence-electron chi connectivity index (χ3n) is 3.21. The van der Waals surface area contributed by atoms with Crippen LogP contribution in [0.2, 0.25) is 0 Å². The second-order valence-electron chi connectivity index (χ2n) is 5.80. The molecular weight excluding hydrogens is 186 g/mol. The van der Waals surface area contributed by atoms with Crippen LogP contribution in [-0.2, 0) is 0 Å². The Labute approximate surface area is 93.3 Å². The number of amidine groups is 1. The first-order valence-corrected chi connectivity index (χ1v) is 5.97. The van der Waals surface area contributed by atoms with Gasteiger partial charge in [-0.1, -0.05) is 0 Å². The minimum atomic E-state index is 0.220. The first-order valence-electron chi connectivity index (χ1n) is 5.97. The van der Waals surface area contributed by atoms with Crippen molar-refractivity contribution in [2.45, 2.75) is 52.0 Å². The standard InChI is InChI=1S/C12H25N3/c1-12(2,3)15-8-9-4-6-10(7-5-9)11(13)14/h9-10,15H,4-8H2,1-3H3,(H3,13,14). The zero-order valence-corrected chi connectivity index (χ0v) is 10.3. The van der Waals surface area contributed by atoms with Crippen molar-refractivity contribution in [3.8, 4) is 0 Å². The molecule has 0 radical (unpaired) electrons. The van der Waals surface area contributed by atoms with Crippen LogP contribution in [-0.4, -0.2) is 17.9 Å². The van der Waals surface area contributed by atoms with Crippen molar-refractivity contribution in [3.63, 3.8) is 0 Å². The lowest BCUT2D eigenvalue weighted by Crippen LogP contribution is -2.40. The molecule has 0 saturated heterocycles. The van der Waals surface area contributed by atoms with Crippen molar-refractivity contribution >= 4 is 5.84 Å². The fourth-order valence-electron chi connectivity index (χ4n) is 2.13. The summed E-state index contributed by atoms with van der Waals surface area (Å²) < 4.78 is 0. The van der Waals surface area contributed by atoms with E-state index in [0.717, 1.165) is 25.3 Å². The largest absolute Gasteiger partial charge is 0.387 e. The maximum Gasteiger partial charge on any atom is 0.0936 e. The van der Waals surface area contributed by atoms with Gasteiger partial charge < -0.3 is 11.1 Å². The summed E-state index contributed by atoms with van der Waals surface area (Å²) >= 11 is 0. The summed E-state index contributed by atoms with van der Waals surface area (Å²) in [5.41, 5.74) is 5.74. The Morgan fingerprint density at radius 3 is 2.20 bits per heavy atom. The van der Waals surface area contributed by atoms with Gasteiger partial charge >= 0.3 is 0 Å². The van der Waals surface area contributed by atoms with Gasteiger partial charge in [-0.15, -0.1) is 0 Å². The van der Waals surface area contributed by atoms with Crippen LogP contribution in [0.4, 0.5) is 0 Å². The van der Waals surface area contributed by atoms with Crippen LogP contribution in [0, 0.1) is 17.2 Å². The van der Waals surface area contributed by atoms with E-state index >= 15 is 0 Å². The molecule has 0 heterocycles. The molecular formula is C12H25N3. The summed E-state index contributed by atoms with van der Waals surface area (Å²) in [5.74, 6) is 1.52. The van der Waals surface area contributed by atoms with E-state index in [-0.39, 0.29) is 5.54 Å². The Hall–Kier alpha value is -0.570. The average molecular weight is 211 g/mol. The highest BCUT2D eigenvalue weighted by Gasteiger charge is 2.23. The lowest BCUT2D eigenvalue weighted by molar-refractivity contribution is 0.282. The van der Waals surface area contributed by atoms with Crippen LogP contribution in [0.1, 0.15) is 46.5 Å². The molecule has 1 rings (SSSR count). The summed E-state index contributed by atoms with van der Waals surface area (Å²) in [6.07, 6.45) is 4.64. The normalized spacial score (nSPS) is 27.7. The van der Waals surface area contributed by atoms with Gasteiger partial charge in [0, 0.05) is 11.5 Å². The second-order valence-corrected chi connectivity index (χ2v) is 5.80. The van der Waals surface area contributed by atoms with Crippen molar-refractivity contribution in [1.82, 2.24) is 5.32 Å². The van der Waals surface area contributed by atoms with Crippen LogP contribution in [0.25, 0.3) is 0 Å². The Kier molecular flexibility index (Phi) is 4.14. The summed E-state index contributed by atoms with van der Waals surface area (Å²) in [5, 5.41) is 11.0. The highest BCUT2D eigenvalue weighted by molar-refractivity contribution is 5.79. The summed E-state index contributed by atoms with van der Waals surface area (Å²) in [6, 6.07) is 0. The molecule has 1 aliphatic rings. The summed E-state index contributed by atoms with van der Waals surface area (Å²) in [7, 11) is 0. The molecule has 3 heteroatoms. The lowest BCUT2D eigenvalue weighted by Gasteiger charge is -2.30. The number of hydrogen-bond donors (Lipinski definition) is 3. The number of nitrogens with one attached hydrogen (secondary N) is 2. The quantitative estimate of drug-likeness (QED) is 0.494. The molecule has 0 atom stereocenters. The van der Waals surface area contributed by atoms with Gasteiger partial charge in [0.15, 0.2) is 0 Å². The van der Waals surface area contributed by atoms with Gasteiger partial charge in [0.2, 0.25) is 0 Å². The Morgan fingerprint density at radius 2 is 1.80 bits per heavy atom. The highest BCUT2D eigenvalue weighted by Crippen LogP contribution is 2.28. The van der Waals surface area contributed by atoms with Gasteiger partial charge in [0.1, 0.15) is 0 Å². The topological polar surface area (TPSA) is 61.9 Å². The highest BCUT2D eigenvalue weighted by atomic mass is 14.9. The summed E-state index contributed by atoms with van der Waals surface area (Å²) in [6.45, 7) is 7.71. The minimum absolute atomic E-state index is 0.220. The van der Waals surface area contributed by atoms with Crippen molar-refractivity contribution in [3.05, 3.63) is 0 Å². The molecule has 15 heavy (non-hydrogen) atoms. The zero-order valence-electron chi connectivity index (χ0n) is 10.3. The average Bonchev–Trinajstić information content (AvgIpc) is 2.14. The van der Waals surface area contributed by atoms with Gasteiger partial charge in [0.25, 0.3) is 0 Å². The van der Waals surface area contributed by atoms with E-state index in [4.69, 9.17) is 11.1 Å². The fraction of sp³-hybridized carbons (Fsp3) is 0.917. The SMILES string of the molecule is CC(C)(C)NCC1CCC(C(=N)N)CC1. The molecule has 88 valence electrons. The van der Waals surface area contributed by atoms with Crippen molar-refractivity contribution in [1.29, 1.82) is 5.41 Å². The maximum atomic E-state index is 7.42. The monoisotopic (exact) mass is 211 g/mol. The molecule has 0 unspecified atom stereocenters. The molecule has 0 bridgehead atoms. The zero-order chi connectivity index (χ0) is 11.5. The van der Waals surface area contributed by atoms with E-state index in [2.05, 4.69) is 26.1 Å². The molecule has 0 spiro atoms. The molecule has 1 fully saturated rings. The van der Waals surface area contributed by atoms with Crippen LogP contribution < -0.4 is 11.1 Å². The van der Waals surface area contributed by atoms with Crippen molar-refractivity contribution in [2.24, 2.45) is 17.6 Å². The van der Waals surface area contributed by atoms with Crippen LogP contribution in [0.3, 0.4) is 0 Å².